The molecule has 0 aliphatic carbocycles. The number of ether oxygens (including phenoxy) is 2. The molecule has 1 aliphatic rings. The number of benzene rings is 2. The van der Waals surface area contributed by atoms with Gasteiger partial charge in [0, 0.05) is 5.56 Å². The number of methoxy groups -OCH3 is 1. The number of fused-ring (bicyclic) bond motifs is 3. The summed E-state index contributed by atoms with van der Waals surface area (Å²) in [6.07, 6.45) is -0.440. The second-order valence-electron chi connectivity index (χ2n) is 6.58. The SMILES string of the molecule is COc1cc(C2N=C(N)Nc3nc4ccccc4n32)ccc1OC(=O)c1cccs1. The highest BCUT2D eigenvalue weighted by Gasteiger charge is 2.26. The predicted molar refractivity (Wildman–Crippen MR) is 115 cm³/mol. The van der Waals surface area contributed by atoms with Crippen LogP contribution in [0.4, 0.5) is 5.95 Å². The molecule has 2 aromatic heterocycles. The number of thiophene rings is 1. The van der Waals surface area contributed by atoms with E-state index in [1.165, 1.54) is 18.4 Å². The molecule has 0 radical (unpaired) electrons. The van der Waals surface area contributed by atoms with E-state index in [9.17, 15) is 4.79 Å². The quantitative estimate of drug-likeness (QED) is 0.387. The number of esters is 1. The third-order valence-corrected chi connectivity index (χ3v) is 5.60. The third-order valence-electron chi connectivity index (χ3n) is 4.75. The number of imidazole rings is 1. The molecular weight excluding hydrogens is 402 g/mol. The van der Waals surface area contributed by atoms with Crippen molar-refractivity contribution in [1.82, 2.24) is 9.55 Å². The molecule has 5 rings (SSSR count). The van der Waals surface area contributed by atoms with Gasteiger partial charge in [0.25, 0.3) is 0 Å². The molecule has 3 heterocycles. The average Bonchev–Trinajstić information content (AvgIpc) is 3.41. The highest BCUT2D eigenvalue weighted by molar-refractivity contribution is 7.12. The zero-order chi connectivity index (χ0) is 20.7. The molecule has 2 aromatic carbocycles. The Morgan fingerprint density at radius 3 is 2.83 bits per heavy atom. The molecule has 8 nitrogen and oxygen atoms in total. The van der Waals surface area contributed by atoms with Gasteiger partial charge in [-0.15, -0.1) is 11.3 Å². The van der Waals surface area contributed by atoms with Crippen LogP contribution >= 0.6 is 11.3 Å². The fraction of sp³-hybridized carbons (Fsp3) is 0.0952. The zero-order valence-electron chi connectivity index (χ0n) is 15.9. The number of hydrogen-bond acceptors (Lipinski definition) is 8. The second-order valence-corrected chi connectivity index (χ2v) is 7.53. The standard InChI is InChI=1S/C21H17N5O3S/c1-28-16-11-12(8-9-15(16)29-19(27)17-7-4-10-30-17)18-24-20(22)25-21-23-13-5-2-3-6-14(13)26(18)21/h2-11,18H,1H3,(H3,22,23,24,25). The first-order valence-corrected chi connectivity index (χ1v) is 10.0. The molecule has 3 N–H and O–H groups in total. The molecule has 150 valence electrons. The van der Waals surface area contributed by atoms with E-state index < -0.39 is 12.1 Å². The summed E-state index contributed by atoms with van der Waals surface area (Å²) in [6.45, 7) is 0. The van der Waals surface area contributed by atoms with Gasteiger partial charge >= 0.3 is 5.97 Å². The number of nitrogens with one attached hydrogen (secondary N) is 1. The van der Waals surface area contributed by atoms with Crippen LogP contribution in [0.25, 0.3) is 11.0 Å². The smallest absolute Gasteiger partial charge is 0.353 e. The number of rotatable bonds is 4. The van der Waals surface area contributed by atoms with Gasteiger partial charge in [-0.1, -0.05) is 24.3 Å². The maximum Gasteiger partial charge on any atom is 0.353 e. The summed E-state index contributed by atoms with van der Waals surface area (Å²) < 4.78 is 13.0. The predicted octanol–water partition coefficient (Wildman–Crippen LogP) is 3.61. The van der Waals surface area contributed by atoms with Crippen molar-refractivity contribution >= 4 is 40.2 Å². The van der Waals surface area contributed by atoms with Crippen molar-refractivity contribution in [2.24, 2.45) is 10.7 Å². The van der Waals surface area contributed by atoms with Crippen LogP contribution in [0.5, 0.6) is 11.5 Å². The average molecular weight is 419 g/mol. The normalized spacial score (nSPS) is 15.2. The highest BCUT2D eigenvalue weighted by atomic mass is 32.1. The van der Waals surface area contributed by atoms with Crippen LogP contribution in [0.15, 0.2) is 65.0 Å². The van der Waals surface area contributed by atoms with E-state index in [1.807, 2.05) is 40.3 Å². The molecule has 4 aromatic rings. The second kappa shape index (κ2) is 7.20. The van der Waals surface area contributed by atoms with Crippen LogP contribution in [-0.4, -0.2) is 28.6 Å². The highest BCUT2D eigenvalue weighted by Crippen LogP contribution is 2.36. The van der Waals surface area contributed by atoms with Crippen molar-refractivity contribution < 1.29 is 14.3 Å². The molecule has 0 bridgehead atoms. The fourth-order valence-electron chi connectivity index (χ4n) is 3.41. The summed E-state index contributed by atoms with van der Waals surface area (Å²) in [4.78, 5) is 22.0. The summed E-state index contributed by atoms with van der Waals surface area (Å²) in [5.74, 6) is 1.22. The van der Waals surface area contributed by atoms with Crippen LogP contribution in [0.3, 0.4) is 0 Å². The Balaban J connectivity index is 1.54. The number of hydrogen-bond donors (Lipinski definition) is 2. The lowest BCUT2D eigenvalue weighted by atomic mass is 10.1. The van der Waals surface area contributed by atoms with Crippen molar-refractivity contribution in [3.8, 4) is 11.5 Å². The Morgan fingerprint density at radius 2 is 2.03 bits per heavy atom. The van der Waals surface area contributed by atoms with Crippen molar-refractivity contribution in [2.75, 3.05) is 12.4 Å². The zero-order valence-corrected chi connectivity index (χ0v) is 16.7. The number of aromatic nitrogens is 2. The van der Waals surface area contributed by atoms with Gasteiger partial charge in [0.15, 0.2) is 23.6 Å². The number of guanidine groups is 1. The summed E-state index contributed by atoms with van der Waals surface area (Å²) in [5, 5.41) is 4.83. The van der Waals surface area contributed by atoms with Crippen LogP contribution in [0.2, 0.25) is 0 Å². The van der Waals surface area contributed by atoms with Crippen LogP contribution in [-0.2, 0) is 0 Å². The minimum Gasteiger partial charge on any atom is -0.493 e. The van der Waals surface area contributed by atoms with Gasteiger partial charge in [-0.25, -0.2) is 14.8 Å². The van der Waals surface area contributed by atoms with Crippen molar-refractivity contribution in [3.63, 3.8) is 0 Å². The molecule has 0 fully saturated rings. The van der Waals surface area contributed by atoms with Gasteiger partial charge in [0.05, 0.1) is 18.1 Å². The van der Waals surface area contributed by atoms with E-state index in [1.54, 1.807) is 24.3 Å². The minimum atomic E-state index is -0.440. The van der Waals surface area contributed by atoms with Gasteiger partial charge in [0.1, 0.15) is 4.88 Å². The van der Waals surface area contributed by atoms with Gasteiger partial charge < -0.3 is 15.2 Å². The van der Waals surface area contributed by atoms with Crippen LogP contribution in [0.1, 0.15) is 21.4 Å². The number of aliphatic imine (C=N–C) groups is 1. The topological polar surface area (TPSA) is 104 Å². The Hall–Kier alpha value is -3.85. The largest absolute Gasteiger partial charge is 0.493 e. The first-order chi connectivity index (χ1) is 14.6. The molecule has 30 heavy (non-hydrogen) atoms. The number of anilines is 1. The number of nitrogens with two attached hydrogens (primary N) is 1. The van der Waals surface area contributed by atoms with Crippen LogP contribution < -0.4 is 20.5 Å². The van der Waals surface area contributed by atoms with E-state index in [4.69, 9.17) is 15.2 Å². The lowest BCUT2D eigenvalue weighted by molar-refractivity contribution is 0.0735. The molecular formula is C21H17N5O3S. The Bertz CT molecular complexity index is 1280. The van der Waals surface area contributed by atoms with E-state index in [-0.39, 0.29) is 5.96 Å². The summed E-state index contributed by atoms with van der Waals surface area (Å²) in [7, 11) is 1.53. The molecule has 1 atom stereocenters. The molecule has 0 spiro atoms. The molecule has 1 unspecified atom stereocenters. The third kappa shape index (κ3) is 3.05. The first-order valence-electron chi connectivity index (χ1n) is 9.15. The Kier molecular flexibility index (Phi) is 4.36. The lowest BCUT2D eigenvalue weighted by Crippen LogP contribution is -2.31. The number of carbonyl (C=O) groups excluding carboxylic acids is 1. The van der Waals surface area contributed by atoms with Crippen LogP contribution in [0, 0.1) is 0 Å². The molecule has 0 saturated carbocycles. The summed E-state index contributed by atoms with van der Waals surface area (Å²) in [5.41, 5.74) is 8.58. The van der Waals surface area contributed by atoms with Crippen molar-refractivity contribution in [1.29, 1.82) is 0 Å². The van der Waals surface area contributed by atoms with Gasteiger partial charge in [0.2, 0.25) is 5.95 Å². The lowest BCUT2D eigenvalue weighted by Gasteiger charge is -2.24. The summed E-state index contributed by atoms with van der Waals surface area (Å²) in [6, 6.07) is 16.6. The molecule has 1 aliphatic heterocycles. The van der Waals surface area contributed by atoms with E-state index in [0.29, 0.717) is 22.3 Å². The molecule has 0 saturated heterocycles. The number of carbonyl (C=O) groups is 1. The van der Waals surface area contributed by atoms with Gasteiger partial charge in [-0.05, 0) is 35.7 Å². The minimum absolute atomic E-state index is 0.273. The maximum absolute atomic E-state index is 12.3. The monoisotopic (exact) mass is 419 g/mol. The maximum atomic E-state index is 12.3. The van der Waals surface area contributed by atoms with E-state index >= 15 is 0 Å². The number of para-hydroxylation sites is 2. The van der Waals surface area contributed by atoms with Gasteiger partial charge in [-0.3, -0.25) is 9.88 Å². The van der Waals surface area contributed by atoms with Gasteiger partial charge in [-0.2, -0.15) is 0 Å². The van der Waals surface area contributed by atoms with Crippen molar-refractivity contribution in [2.45, 2.75) is 6.17 Å². The Morgan fingerprint density at radius 1 is 1.17 bits per heavy atom. The van der Waals surface area contributed by atoms with Crippen molar-refractivity contribution in [3.05, 3.63) is 70.4 Å². The molecule has 0 amide bonds. The summed E-state index contributed by atoms with van der Waals surface area (Å²) >= 11 is 1.32. The fourth-order valence-corrected chi connectivity index (χ4v) is 4.01. The van der Waals surface area contributed by atoms with E-state index in [0.717, 1.165) is 16.6 Å². The molecule has 9 heteroatoms. The van der Waals surface area contributed by atoms with E-state index in [2.05, 4.69) is 15.3 Å². The Labute approximate surface area is 175 Å². The number of nitrogens with zero attached hydrogens (tertiary/aromatic N) is 3. The first kappa shape index (κ1) is 18.2.